The summed E-state index contributed by atoms with van der Waals surface area (Å²) in [5, 5.41) is 4.03. The molecule has 0 saturated carbocycles. The van der Waals surface area contributed by atoms with Crippen molar-refractivity contribution in [1.29, 1.82) is 0 Å². The molecule has 0 unspecified atom stereocenters. The lowest BCUT2D eigenvalue weighted by Crippen LogP contribution is -2.53. The van der Waals surface area contributed by atoms with Crippen LogP contribution in [0.3, 0.4) is 0 Å². The number of anilines is 1. The molecule has 0 aliphatic rings. The Hall–Kier alpha value is -3.56. The van der Waals surface area contributed by atoms with Gasteiger partial charge in [-0.15, -0.1) is 0 Å². The van der Waals surface area contributed by atoms with Crippen LogP contribution in [0, 0.1) is 6.92 Å². The monoisotopic (exact) mass is 685 g/mol. The summed E-state index contributed by atoms with van der Waals surface area (Å²) < 4.78 is 29.2. The van der Waals surface area contributed by atoms with Gasteiger partial charge in [0.2, 0.25) is 11.8 Å². The summed E-state index contributed by atoms with van der Waals surface area (Å²) in [6, 6.07) is 25.8. The lowest BCUT2D eigenvalue weighted by atomic mass is 10.0. The zero-order chi connectivity index (χ0) is 32.6. The van der Waals surface area contributed by atoms with Crippen LogP contribution in [0.4, 0.5) is 5.69 Å². The molecule has 0 spiro atoms. The van der Waals surface area contributed by atoms with Crippen LogP contribution in [0.5, 0.6) is 0 Å². The first-order valence-corrected chi connectivity index (χ1v) is 17.0. The van der Waals surface area contributed by atoms with Crippen molar-refractivity contribution in [3.8, 4) is 0 Å². The highest BCUT2D eigenvalue weighted by atomic mass is 35.5. The summed E-state index contributed by atoms with van der Waals surface area (Å²) in [5.41, 5.74) is 2.60. The molecular formula is C34H34Cl3N3O4S. The molecule has 236 valence electrons. The van der Waals surface area contributed by atoms with E-state index in [9.17, 15) is 18.0 Å². The minimum Gasteiger partial charge on any atom is -0.354 e. The molecule has 0 aliphatic heterocycles. The van der Waals surface area contributed by atoms with Crippen LogP contribution in [0.2, 0.25) is 15.1 Å². The Labute approximate surface area is 279 Å². The predicted molar refractivity (Wildman–Crippen MR) is 181 cm³/mol. The highest BCUT2D eigenvalue weighted by Gasteiger charge is 2.35. The average molecular weight is 687 g/mol. The van der Waals surface area contributed by atoms with Gasteiger partial charge in [-0.3, -0.25) is 13.9 Å². The normalized spacial score (nSPS) is 11.9. The van der Waals surface area contributed by atoms with Crippen LogP contribution in [-0.4, -0.2) is 44.3 Å². The Bertz CT molecular complexity index is 1720. The summed E-state index contributed by atoms with van der Waals surface area (Å²) >= 11 is 18.7. The quantitative estimate of drug-likeness (QED) is 0.160. The van der Waals surface area contributed by atoms with E-state index in [4.69, 9.17) is 34.8 Å². The van der Waals surface area contributed by atoms with Gasteiger partial charge in [0.25, 0.3) is 10.0 Å². The van der Waals surface area contributed by atoms with E-state index in [1.54, 1.807) is 42.5 Å². The van der Waals surface area contributed by atoms with Crippen molar-refractivity contribution >= 4 is 62.3 Å². The maximum atomic E-state index is 14.5. The molecule has 4 aromatic carbocycles. The minimum atomic E-state index is -4.23. The first kappa shape index (κ1) is 34.3. The van der Waals surface area contributed by atoms with Gasteiger partial charge < -0.3 is 10.2 Å². The number of benzene rings is 4. The molecular weight excluding hydrogens is 653 g/mol. The van der Waals surface area contributed by atoms with Crippen LogP contribution in [-0.2, 0) is 32.6 Å². The number of hydrogen-bond donors (Lipinski definition) is 1. The zero-order valence-electron chi connectivity index (χ0n) is 24.9. The Morgan fingerprint density at radius 1 is 0.844 bits per heavy atom. The SMILES string of the molecule is CCCNC(=O)[C@H](Cc1ccccc1)N(Cc1ccc(Cl)cc1Cl)C(=O)CN(c1ccc(C)cc1)S(=O)(=O)c1ccc(Cl)cc1. The van der Waals surface area contributed by atoms with E-state index in [1.165, 1.54) is 29.2 Å². The third kappa shape index (κ3) is 9.01. The fourth-order valence-electron chi connectivity index (χ4n) is 4.73. The van der Waals surface area contributed by atoms with Crippen molar-refractivity contribution in [2.45, 2.75) is 44.2 Å². The Morgan fingerprint density at radius 2 is 1.49 bits per heavy atom. The van der Waals surface area contributed by atoms with Gasteiger partial charge in [-0.25, -0.2) is 8.42 Å². The first-order valence-electron chi connectivity index (χ1n) is 14.4. The topological polar surface area (TPSA) is 86.8 Å². The van der Waals surface area contributed by atoms with Crippen molar-refractivity contribution in [3.63, 3.8) is 0 Å². The third-order valence-electron chi connectivity index (χ3n) is 7.18. The molecule has 1 N–H and O–H groups in total. The van der Waals surface area contributed by atoms with Gasteiger partial charge in [-0.2, -0.15) is 0 Å². The Morgan fingerprint density at radius 3 is 2.11 bits per heavy atom. The number of carbonyl (C=O) groups excluding carboxylic acids is 2. The second kappa shape index (κ2) is 15.6. The second-order valence-corrected chi connectivity index (χ2v) is 13.7. The number of hydrogen-bond acceptors (Lipinski definition) is 4. The minimum absolute atomic E-state index is 0.0332. The van der Waals surface area contributed by atoms with Crippen LogP contribution in [0.25, 0.3) is 0 Å². The predicted octanol–water partition coefficient (Wildman–Crippen LogP) is 7.32. The van der Waals surface area contributed by atoms with E-state index < -0.39 is 28.5 Å². The molecule has 4 aromatic rings. The highest BCUT2D eigenvalue weighted by Crippen LogP contribution is 2.28. The molecule has 2 amide bonds. The Kier molecular flexibility index (Phi) is 11.9. The van der Waals surface area contributed by atoms with Crippen LogP contribution < -0.4 is 9.62 Å². The number of halogens is 3. The Balaban J connectivity index is 1.81. The standard InChI is InChI=1S/C34H34Cl3N3O4S/c1-3-19-38-34(42)32(20-25-7-5-4-6-8-25)39(22-26-11-12-28(36)21-31(26)37)33(41)23-40(29-15-9-24(2)10-16-29)45(43,44)30-17-13-27(35)14-18-30/h4-18,21,32H,3,19-20,22-23H2,1-2H3,(H,38,42)/t32-/m0/s1. The van der Waals surface area contributed by atoms with E-state index in [0.717, 1.165) is 15.4 Å². The number of nitrogens with one attached hydrogen (secondary N) is 1. The van der Waals surface area contributed by atoms with E-state index in [1.807, 2.05) is 44.2 Å². The summed E-state index contributed by atoms with van der Waals surface area (Å²) in [5.74, 6) is -0.951. The molecule has 0 radical (unpaired) electrons. The average Bonchev–Trinajstić information content (AvgIpc) is 3.02. The van der Waals surface area contributed by atoms with Crippen molar-refractivity contribution < 1.29 is 18.0 Å². The molecule has 0 heterocycles. The van der Waals surface area contributed by atoms with Crippen LogP contribution >= 0.6 is 34.8 Å². The van der Waals surface area contributed by atoms with Gasteiger partial charge >= 0.3 is 0 Å². The van der Waals surface area contributed by atoms with Gasteiger partial charge in [0.1, 0.15) is 12.6 Å². The van der Waals surface area contributed by atoms with Gasteiger partial charge in [0, 0.05) is 34.6 Å². The van der Waals surface area contributed by atoms with Crippen LogP contribution in [0.15, 0.2) is 102 Å². The molecule has 0 aromatic heterocycles. The number of aryl methyl sites for hydroxylation is 1. The van der Waals surface area contributed by atoms with E-state index in [-0.39, 0.29) is 23.8 Å². The molecule has 0 aliphatic carbocycles. The molecule has 7 nitrogen and oxygen atoms in total. The van der Waals surface area contributed by atoms with Crippen molar-refractivity contribution in [1.82, 2.24) is 10.2 Å². The number of nitrogens with zero attached hydrogens (tertiary/aromatic N) is 2. The molecule has 4 rings (SSSR count). The van der Waals surface area contributed by atoms with E-state index in [2.05, 4.69) is 5.32 Å². The van der Waals surface area contributed by atoms with E-state index in [0.29, 0.717) is 39.3 Å². The lowest BCUT2D eigenvalue weighted by Gasteiger charge is -2.34. The first-order chi connectivity index (χ1) is 21.5. The van der Waals surface area contributed by atoms with Crippen LogP contribution in [0.1, 0.15) is 30.0 Å². The molecule has 0 fully saturated rings. The molecule has 45 heavy (non-hydrogen) atoms. The number of amides is 2. The number of carbonyl (C=O) groups is 2. The maximum absolute atomic E-state index is 14.5. The second-order valence-electron chi connectivity index (χ2n) is 10.6. The largest absolute Gasteiger partial charge is 0.354 e. The van der Waals surface area contributed by atoms with Gasteiger partial charge in [-0.1, -0.05) is 95.8 Å². The number of sulfonamides is 1. The smallest absolute Gasteiger partial charge is 0.264 e. The molecule has 0 bridgehead atoms. The summed E-state index contributed by atoms with van der Waals surface area (Å²) in [6.45, 7) is 3.59. The van der Waals surface area contributed by atoms with Gasteiger partial charge in [0.05, 0.1) is 10.6 Å². The number of rotatable bonds is 13. The summed E-state index contributed by atoms with van der Waals surface area (Å²) in [6.07, 6.45) is 0.892. The summed E-state index contributed by atoms with van der Waals surface area (Å²) in [4.78, 5) is 29.6. The molecule has 11 heteroatoms. The lowest BCUT2D eigenvalue weighted by molar-refractivity contribution is -0.140. The zero-order valence-corrected chi connectivity index (χ0v) is 28.0. The maximum Gasteiger partial charge on any atom is 0.264 e. The van der Waals surface area contributed by atoms with Crippen molar-refractivity contribution in [3.05, 3.63) is 129 Å². The highest BCUT2D eigenvalue weighted by molar-refractivity contribution is 7.92. The third-order valence-corrected chi connectivity index (χ3v) is 9.81. The fourth-order valence-corrected chi connectivity index (χ4v) is 6.74. The molecule has 0 saturated heterocycles. The molecule has 1 atom stereocenters. The van der Waals surface area contributed by atoms with Gasteiger partial charge in [-0.05, 0) is 73.0 Å². The fraction of sp³-hybridized carbons (Fsp3) is 0.235. The van der Waals surface area contributed by atoms with Gasteiger partial charge in [0.15, 0.2) is 0 Å². The van der Waals surface area contributed by atoms with Crippen molar-refractivity contribution in [2.24, 2.45) is 0 Å². The van der Waals surface area contributed by atoms with Crippen molar-refractivity contribution in [2.75, 3.05) is 17.4 Å². The summed E-state index contributed by atoms with van der Waals surface area (Å²) in [7, 11) is -4.23. The van der Waals surface area contributed by atoms with E-state index >= 15 is 0 Å².